The summed E-state index contributed by atoms with van der Waals surface area (Å²) in [6, 6.07) is 1.92. The molecule has 5 heteroatoms. The molecule has 1 N–H and O–H groups in total. The predicted molar refractivity (Wildman–Crippen MR) is 74.9 cm³/mol. The topological polar surface area (TPSA) is 58.1 Å². The fourth-order valence-corrected chi connectivity index (χ4v) is 2.31. The van der Waals surface area contributed by atoms with Gasteiger partial charge in [-0.25, -0.2) is 9.97 Å². The molecule has 0 unspecified atom stereocenters. The largest absolute Gasteiger partial charge is 0.361 e. The van der Waals surface area contributed by atoms with Gasteiger partial charge in [0.1, 0.15) is 12.1 Å². The van der Waals surface area contributed by atoms with E-state index in [0.29, 0.717) is 6.54 Å². The number of piperidine rings is 1. The van der Waals surface area contributed by atoms with Crippen molar-refractivity contribution >= 4 is 11.7 Å². The van der Waals surface area contributed by atoms with Crippen molar-refractivity contribution in [1.29, 1.82) is 0 Å². The Balaban J connectivity index is 1.83. The number of aryl methyl sites for hydroxylation is 1. The molecule has 2 heterocycles. The molecule has 2 rings (SSSR count). The Labute approximate surface area is 114 Å². The molecule has 104 valence electrons. The summed E-state index contributed by atoms with van der Waals surface area (Å²) in [7, 11) is 0. The number of hydrogen-bond acceptors (Lipinski definition) is 4. The van der Waals surface area contributed by atoms with Crippen LogP contribution in [0.25, 0.3) is 0 Å². The second-order valence-corrected chi connectivity index (χ2v) is 4.94. The van der Waals surface area contributed by atoms with Gasteiger partial charge in [-0.15, -0.1) is 0 Å². The van der Waals surface area contributed by atoms with Crippen molar-refractivity contribution in [3.63, 3.8) is 0 Å². The van der Waals surface area contributed by atoms with Crippen LogP contribution in [0.15, 0.2) is 12.4 Å². The Morgan fingerprint density at radius 1 is 1.32 bits per heavy atom. The number of nitrogens with one attached hydrogen (secondary N) is 1. The van der Waals surface area contributed by atoms with Crippen LogP contribution < -0.4 is 5.32 Å². The van der Waals surface area contributed by atoms with Gasteiger partial charge in [0.2, 0.25) is 5.91 Å². The summed E-state index contributed by atoms with van der Waals surface area (Å²) >= 11 is 0. The van der Waals surface area contributed by atoms with E-state index in [1.807, 2.05) is 11.0 Å². The van der Waals surface area contributed by atoms with Crippen molar-refractivity contribution in [3.05, 3.63) is 18.1 Å². The monoisotopic (exact) mass is 262 g/mol. The fraction of sp³-hybridized carbons (Fsp3) is 0.643. The normalized spacial score (nSPS) is 15.3. The minimum Gasteiger partial charge on any atom is -0.361 e. The van der Waals surface area contributed by atoms with E-state index in [9.17, 15) is 4.79 Å². The average Bonchev–Trinajstić information content (AvgIpc) is 2.46. The lowest BCUT2D eigenvalue weighted by Crippen LogP contribution is -2.39. The van der Waals surface area contributed by atoms with Gasteiger partial charge in [0.05, 0.1) is 6.54 Å². The van der Waals surface area contributed by atoms with Gasteiger partial charge in [-0.05, 0) is 25.7 Å². The number of amides is 1. The van der Waals surface area contributed by atoms with Crippen LogP contribution in [-0.2, 0) is 11.2 Å². The molecular formula is C14H22N4O. The Kier molecular flexibility index (Phi) is 5.12. The van der Waals surface area contributed by atoms with Crippen LogP contribution in [0.3, 0.4) is 0 Å². The fourth-order valence-electron chi connectivity index (χ4n) is 2.31. The van der Waals surface area contributed by atoms with E-state index in [2.05, 4.69) is 22.2 Å². The van der Waals surface area contributed by atoms with Crippen molar-refractivity contribution in [2.45, 2.75) is 39.0 Å². The van der Waals surface area contributed by atoms with Gasteiger partial charge in [-0.3, -0.25) is 4.79 Å². The van der Waals surface area contributed by atoms with Crippen LogP contribution in [0.1, 0.15) is 38.3 Å². The highest BCUT2D eigenvalue weighted by atomic mass is 16.2. The molecule has 0 bridgehead atoms. The van der Waals surface area contributed by atoms with E-state index < -0.39 is 0 Å². The highest BCUT2D eigenvalue weighted by Crippen LogP contribution is 2.10. The van der Waals surface area contributed by atoms with Crippen molar-refractivity contribution in [2.24, 2.45) is 0 Å². The maximum atomic E-state index is 12.0. The lowest BCUT2D eigenvalue weighted by atomic mass is 10.1. The summed E-state index contributed by atoms with van der Waals surface area (Å²) in [6.45, 7) is 4.23. The van der Waals surface area contributed by atoms with Crippen molar-refractivity contribution in [2.75, 3.05) is 25.0 Å². The standard InChI is InChI=1S/C14H22N4O/c1-2-6-12-9-13(17-11-16-12)15-10-14(19)18-7-4-3-5-8-18/h9,11H,2-8,10H2,1H3,(H,15,16,17). The number of hydrogen-bond donors (Lipinski definition) is 1. The lowest BCUT2D eigenvalue weighted by Gasteiger charge is -2.26. The van der Waals surface area contributed by atoms with Crippen LogP contribution in [0.4, 0.5) is 5.82 Å². The van der Waals surface area contributed by atoms with Gasteiger partial charge in [-0.2, -0.15) is 0 Å². The SMILES string of the molecule is CCCc1cc(NCC(=O)N2CCCCC2)ncn1. The zero-order chi connectivity index (χ0) is 13.5. The summed E-state index contributed by atoms with van der Waals surface area (Å²) in [4.78, 5) is 22.3. The average molecular weight is 262 g/mol. The number of rotatable bonds is 5. The van der Waals surface area contributed by atoms with Crippen LogP contribution in [0.2, 0.25) is 0 Å². The van der Waals surface area contributed by atoms with E-state index in [4.69, 9.17) is 0 Å². The van der Waals surface area contributed by atoms with Gasteiger partial charge < -0.3 is 10.2 Å². The van der Waals surface area contributed by atoms with Gasteiger partial charge >= 0.3 is 0 Å². The zero-order valence-electron chi connectivity index (χ0n) is 11.6. The smallest absolute Gasteiger partial charge is 0.241 e. The minimum absolute atomic E-state index is 0.162. The van der Waals surface area contributed by atoms with Gasteiger partial charge in [0.25, 0.3) is 0 Å². The molecule has 1 aliphatic rings. The minimum atomic E-state index is 0.162. The first kappa shape index (κ1) is 13.8. The first-order valence-corrected chi connectivity index (χ1v) is 7.12. The van der Waals surface area contributed by atoms with Crippen LogP contribution in [0.5, 0.6) is 0 Å². The molecule has 0 spiro atoms. The quantitative estimate of drug-likeness (QED) is 0.880. The summed E-state index contributed by atoms with van der Waals surface area (Å²) in [5.74, 6) is 0.902. The number of aromatic nitrogens is 2. The molecule has 1 fully saturated rings. The van der Waals surface area contributed by atoms with Crippen molar-refractivity contribution < 1.29 is 4.79 Å². The Morgan fingerprint density at radius 3 is 2.84 bits per heavy atom. The third-order valence-corrected chi connectivity index (χ3v) is 3.36. The van der Waals surface area contributed by atoms with E-state index in [0.717, 1.165) is 50.3 Å². The second kappa shape index (κ2) is 7.07. The molecular weight excluding hydrogens is 240 g/mol. The van der Waals surface area contributed by atoms with Gasteiger partial charge in [0.15, 0.2) is 0 Å². The van der Waals surface area contributed by atoms with E-state index in [1.165, 1.54) is 6.42 Å². The van der Waals surface area contributed by atoms with Crippen LogP contribution in [0, 0.1) is 0 Å². The number of carbonyl (C=O) groups excluding carboxylic acids is 1. The molecule has 0 saturated carbocycles. The summed E-state index contributed by atoms with van der Waals surface area (Å²) in [6.07, 6.45) is 7.04. The predicted octanol–water partition coefficient (Wildman–Crippen LogP) is 1.85. The summed E-state index contributed by atoms with van der Waals surface area (Å²) < 4.78 is 0. The maximum absolute atomic E-state index is 12.0. The Morgan fingerprint density at radius 2 is 2.11 bits per heavy atom. The Hall–Kier alpha value is -1.65. The molecule has 1 aromatic heterocycles. The van der Waals surface area contributed by atoms with E-state index in [-0.39, 0.29) is 5.91 Å². The van der Waals surface area contributed by atoms with Crippen LogP contribution in [-0.4, -0.2) is 40.4 Å². The van der Waals surface area contributed by atoms with Crippen molar-refractivity contribution in [3.8, 4) is 0 Å². The third kappa shape index (κ3) is 4.19. The first-order valence-electron chi connectivity index (χ1n) is 7.12. The zero-order valence-corrected chi connectivity index (χ0v) is 11.6. The highest BCUT2D eigenvalue weighted by Gasteiger charge is 2.15. The van der Waals surface area contributed by atoms with E-state index in [1.54, 1.807) is 6.33 Å². The van der Waals surface area contributed by atoms with Crippen molar-refractivity contribution in [1.82, 2.24) is 14.9 Å². The molecule has 5 nitrogen and oxygen atoms in total. The maximum Gasteiger partial charge on any atom is 0.241 e. The summed E-state index contributed by atoms with van der Waals surface area (Å²) in [5, 5.41) is 3.10. The number of likely N-dealkylation sites (tertiary alicyclic amines) is 1. The molecule has 0 radical (unpaired) electrons. The number of anilines is 1. The molecule has 1 aliphatic heterocycles. The molecule has 19 heavy (non-hydrogen) atoms. The molecule has 1 amide bonds. The summed E-state index contributed by atoms with van der Waals surface area (Å²) in [5.41, 5.74) is 1.02. The first-order chi connectivity index (χ1) is 9.29. The van der Waals surface area contributed by atoms with Crippen LogP contribution >= 0.6 is 0 Å². The molecule has 0 aliphatic carbocycles. The molecule has 0 aromatic carbocycles. The lowest BCUT2D eigenvalue weighted by molar-refractivity contribution is -0.130. The number of nitrogens with zero attached hydrogens (tertiary/aromatic N) is 3. The van der Waals surface area contributed by atoms with Gasteiger partial charge in [-0.1, -0.05) is 13.3 Å². The molecule has 0 atom stereocenters. The van der Waals surface area contributed by atoms with Gasteiger partial charge in [0, 0.05) is 24.8 Å². The molecule has 1 saturated heterocycles. The number of carbonyl (C=O) groups is 1. The second-order valence-electron chi connectivity index (χ2n) is 4.94. The Bertz CT molecular complexity index is 416. The molecule has 1 aromatic rings. The van der Waals surface area contributed by atoms with E-state index >= 15 is 0 Å². The highest BCUT2D eigenvalue weighted by molar-refractivity contribution is 5.80. The third-order valence-electron chi connectivity index (χ3n) is 3.36.